The van der Waals surface area contributed by atoms with E-state index in [1.807, 2.05) is 82.6 Å². The van der Waals surface area contributed by atoms with Gasteiger partial charge in [-0.25, -0.2) is 4.79 Å². The van der Waals surface area contributed by atoms with Crippen LogP contribution in [0.4, 0.5) is 4.79 Å². The van der Waals surface area contributed by atoms with Crippen LogP contribution in [0, 0.1) is 0 Å². The van der Waals surface area contributed by atoms with Gasteiger partial charge in [0.15, 0.2) is 0 Å². The van der Waals surface area contributed by atoms with Crippen molar-refractivity contribution in [2.24, 2.45) is 0 Å². The first-order valence-electron chi connectivity index (χ1n) is 13.6. The highest BCUT2D eigenvalue weighted by Crippen LogP contribution is 2.31. The van der Waals surface area contributed by atoms with E-state index < -0.39 is 6.10 Å². The second-order valence-corrected chi connectivity index (χ2v) is 10.2. The van der Waals surface area contributed by atoms with E-state index in [-0.39, 0.29) is 18.1 Å². The molecule has 1 aliphatic rings. The molecule has 38 heavy (non-hydrogen) atoms. The van der Waals surface area contributed by atoms with E-state index in [0.29, 0.717) is 25.9 Å². The second kappa shape index (κ2) is 12.6. The number of urea groups is 1. The molecule has 0 aliphatic carbocycles. The predicted molar refractivity (Wildman–Crippen MR) is 152 cm³/mol. The molecule has 0 unspecified atom stereocenters. The number of amides is 2. The fourth-order valence-corrected chi connectivity index (χ4v) is 5.58. The van der Waals surface area contributed by atoms with E-state index in [9.17, 15) is 9.90 Å². The minimum Gasteiger partial charge on any atom is -0.389 e. The molecular weight excluding hydrogens is 468 g/mol. The summed E-state index contributed by atoms with van der Waals surface area (Å²) in [6, 6.07) is 40.4. The molecule has 0 radical (unpaired) electrons. The lowest BCUT2D eigenvalue weighted by molar-refractivity contribution is -0.0478. The first-order chi connectivity index (χ1) is 18.7. The summed E-state index contributed by atoms with van der Waals surface area (Å²) < 4.78 is 0. The molecule has 1 saturated heterocycles. The molecule has 4 aromatic carbocycles. The molecule has 1 aliphatic heterocycles. The van der Waals surface area contributed by atoms with E-state index in [2.05, 4.69) is 48.5 Å². The number of carbonyl (C=O) groups is 1. The van der Waals surface area contributed by atoms with Crippen molar-refractivity contribution in [3.8, 4) is 0 Å². The van der Waals surface area contributed by atoms with Crippen molar-refractivity contribution in [1.82, 2.24) is 9.80 Å². The molecule has 4 aromatic rings. The highest BCUT2D eigenvalue weighted by atomic mass is 16.3. The molecule has 1 heterocycles. The highest BCUT2D eigenvalue weighted by Gasteiger charge is 2.45. The van der Waals surface area contributed by atoms with Gasteiger partial charge in [-0.05, 0) is 47.9 Å². The average Bonchev–Trinajstić information content (AvgIpc) is 2.97. The van der Waals surface area contributed by atoms with Crippen molar-refractivity contribution in [2.75, 3.05) is 0 Å². The summed E-state index contributed by atoms with van der Waals surface area (Å²) in [6.07, 6.45) is 2.39. The predicted octanol–water partition coefficient (Wildman–Crippen LogP) is 6.49. The molecule has 1 fully saturated rings. The van der Waals surface area contributed by atoms with Gasteiger partial charge in [0.05, 0.1) is 18.2 Å². The van der Waals surface area contributed by atoms with Crippen LogP contribution in [0.1, 0.15) is 35.1 Å². The molecule has 194 valence electrons. The number of carbonyl (C=O) groups excluding carboxylic acids is 1. The topological polar surface area (TPSA) is 43.8 Å². The summed E-state index contributed by atoms with van der Waals surface area (Å²) in [4.78, 5) is 18.1. The van der Waals surface area contributed by atoms with Gasteiger partial charge in [-0.1, -0.05) is 121 Å². The standard InChI is InChI=1S/C34H36N2O2/c37-33-31(23-21-27-13-5-1-6-14-27)35(25-29-17-9-3-10-18-29)34(38)36(26-30-19-11-4-12-20-30)32(33)24-22-28-15-7-2-8-16-28/h1-20,31-33,37H,21-26H2/t31-,32-/m0/s1. The maximum Gasteiger partial charge on any atom is 0.321 e. The molecule has 0 spiro atoms. The minimum atomic E-state index is -0.660. The van der Waals surface area contributed by atoms with Crippen molar-refractivity contribution in [3.63, 3.8) is 0 Å². The van der Waals surface area contributed by atoms with Crippen molar-refractivity contribution < 1.29 is 9.90 Å². The van der Waals surface area contributed by atoms with Gasteiger partial charge in [-0.2, -0.15) is 0 Å². The number of nitrogens with zero attached hydrogens (tertiary/aromatic N) is 2. The average molecular weight is 505 g/mol. The molecule has 4 heteroatoms. The molecule has 2 amide bonds. The van der Waals surface area contributed by atoms with E-state index in [4.69, 9.17) is 0 Å². The Balaban J connectivity index is 1.45. The number of aliphatic hydroxyl groups excluding tert-OH is 1. The Morgan fingerprint density at radius 3 is 1.16 bits per heavy atom. The summed E-state index contributed by atoms with van der Waals surface area (Å²) >= 11 is 0. The third-order valence-electron chi connectivity index (χ3n) is 7.62. The first-order valence-corrected chi connectivity index (χ1v) is 13.6. The van der Waals surface area contributed by atoms with Gasteiger partial charge in [0.25, 0.3) is 0 Å². The summed E-state index contributed by atoms with van der Waals surface area (Å²) in [5.74, 6) is 0. The van der Waals surface area contributed by atoms with E-state index in [1.54, 1.807) is 0 Å². The van der Waals surface area contributed by atoms with Crippen LogP contribution in [-0.2, 0) is 25.9 Å². The molecule has 0 saturated carbocycles. The Bertz CT molecular complexity index is 1170. The third-order valence-corrected chi connectivity index (χ3v) is 7.62. The van der Waals surface area contributed by atoms with Gasteiger partial charge in [0.2, 0.25) is 0 Å². The zero-order valence-corrected chi connectivity index (χ0v) is 21.8. The number of aryl methyl sites for hydroxylation is 2. The van der Waals surface area contributed by atoms with Crippen LogP contribution in [0.2, 0.25) is 0 Å². The molecule has 5 rings (SSSR count). The Kier molecular flexibility index (Phi) is 8.52. The van der Waals surface area contributed by atoms with Crippen LogP contribution in [-0.4, -0.2) is 39.1 Å². The Labute approximate surface area is 226 Å². The Morgan fingerprint density at radius 1 is 0.500 bits per heavy atom. The molecule has 1 N–H and O–H groups in total. The SMILES string of the molecule is O=C1N(Cc2ccccc2)[C@@H](CCc2ccccc2)C(O)[C@H](CCc2ccccc2)N1Cc1ccccc1. The zero-order chi connectivity index (χ0) is 26.2. The number of hydrogen-bond donors (Lipinski definition) is 1. The summed E-state index contributed by atoms with van der Waals surface area (Å²) in [6.45, 7) is 0.958. The molecular formula is C34H36N2O2. The largest absolute Gasteiger partial charge is 0.389 e. The summed E-state index contributed by atoms with van der Waals surface area (Å²) in [7, 11) is 0. The molecule has 0 aromatic heterocycles. The van der Waals surface area contributed by atoms with Crippen LogP contribution >= 0.6 is 0 Å². The van der Waals surface area contributed by atoms with E-state index in [0.717, 1.165) is 24.0 Å². The van der Waals surface area contributed by atoms with Crippen molar-refractivity contribution in [1.29, 1.82) is 0 Å². The van der Waals surface area contributed by atoms with Gasteiger partial charge < -0.3 is 14.9 Å². The van der Waals surface area contributed by atoms with Crippen molar-refractivity contribution in [2.45, 2.75) is 57.0 Å². The fraction of sp³-hybridized carbons (Fsp3) is 0.265. The molecule has 0 bridgehead atoms. The lowest BCUT2D eigenvalue weighted by Gasteiger charge is -2.49. The normalized spacial score (nSPS) is 18.1. The van der Waals surface area contributed by atoms with Crippen molar-refractivity contribution in [3.05, 3.63) is 144 Å². The van der Waals surface area contributed by atoms with Crippen molar-refractivity contribution >= 4 is 6.03 Å². The Morgan fingerprint density at radius 2 is 0.816 bits per heavy atom. The highest BCUT2D eigenvalue weighted by molar-refractivity contribution is 5.76. The van der Waals surface area contributed by atoms with Gasteiger partial charge in [0.1, 0.15) is 0 Å². The minimum absolute atomic E-state index is 0.000806. The summed E-state index contributed by atoms with van der Waals surface area (Å²) in [5, 5.41) is 12.0. The fourth-order valence-electron chi connectivity index (χ4n) is 5.58. The zero-order valence-electron chi connectivity index (χ0n) is 21.8. The van der Waals surface area contributed by atoms with Gasteiger partial charge in [-0.15, -0.1) is 0 Å². The molecule has 4 nitrogen and oxygen atoms in total. The monoisotopic (exact) mass is 504 g/mol. The smallest absolute Gasteiger partial charge is 0.321 e. The van der Waals surface area contributed by atoms with E-state index >= 15 is 0 Å². The maximum atomic E-state index is 14.3. The number of rotatable bonds is 10. The quantitative estimate of drug-likeness (QED) is 0.268. The number of hydrogen-bond acceptors (Lipinski definition) is 2. The van der Waals surface area contributed by atoms with Gasteiger partial charge >= 0.3 is 6.03 Å². The van der Waals surface area contributed by atoms with Crippen LogP contribution in [0.15, 0.2) is 121 Å². The lowest BCUT2D eigenvalue weighted by atomic mass is 9.88. The maximum absolute atomic E-state index is 14.3. The van der Waals surface area contributed by atoms with Crippen LogP contribution in [0.5, 0.6) is 0 Å². The first kappa shape index (κ1) is 25.7. The van der Waals surface area contributed by atoms with Crippen LogP contribution < -0.4 is 0 Å². The number of aliphatic hydroxyl groups is 1. The van der Waals surface area contributed by atoms with Gasteiger partial charge in [0, 0.05) is 13.1 Å². The van der Waals surface area contributed by atoms with E-state index in [1.165, 1.54) is 11.1 Å². The third kappa shape index (κ3) is 6.32. The van der Waals surface area contributed by atoms with Crippen LogP contribution in [0.25, 0.3) is 0 Å². The molecule has 2 atom stereocenters. The lowest BCUT2D eigenvalue weighted by Crippen LogP contribution is -2.65. The summed E-state index contributed by atoms with van der Waals surface area (Å²) in [5.41, 5.74) is 4.58. The van der Waals surface area contributed by atoms with Crippen LogP contribution in [0.3, 0.4) is 0 Å². The van der Waals surface area contributed by atoms with Gasteiger partial charge in [-0.3, -0.25) is 0 Å². The Hall–Kier alpha value is -3.89. The second-order valence-electron chi connectivity index (χ2n) is 10.2. The number of benzene rings is 4.